The van der Waals surface area contributed by atoms with Crippen LogP contribution in [-0.4, -0.2) is 0 Å². The van der Waals surface area contributed by atoms with E-state index in [1.165, 1.54) is 6.07 Å². The van der Waals surface area contributed by atoms with Crippen molar-refractivity contribution >= 4 is 17.3 Å². The lowest BCUT2D eigenvalue weighted by molar-refractivity contribution is 0.625. The van der Waals surface area contributed by atoms with Gasteiger partial charge in [0.1, 0.15) is 5.82 Å². The Hall–Kier alpha value is -1.58. The Morgan fingerprint density at radius 1 is 1.06 bits per heavy atom. The summed E-state index contributed by atoms with van der Waals surface area (Å²) in [6.45, 7) is 1.34. The molecule has 18 heavy (non-hydrogen) atoms. The molecule has 0 spiro atoms. The fourth-order valence-electron chi connectivity index (χ4n) is 1.70. The Balaban J connectivity index is 1.90. The number of halogens is 2. The smallest absolute Gasteiger partial charge is 0.141 e. The van der Waals surface area contributed by atoms with E-state index in [2.05, 4.69) is 5.32 Å². The molecule has 0 aliphatic heterocycles. The summed E-state index contributed by atoms with van der Waals surface area (Å²) in [5.74, 6) is -0.392. The van der Waals surface area contributed by atoms with Crippen LogP contribution in [0.3, 0.4) is 0 Å². The minimum absolute atomic E-state index is 0.151. The van der Waals surface area contributed by atoms with E-state index in [-0.39, 0.29) is 5.02 Å². The molecule has 3 N–H and O–H groups in total. The summed E-state index contributed by atoms with van der Waals surface area (Å²) >= 11 is 5.71. The predicted molar refractivity (Wildman–Crippen MR) is 72.8 cm³/mol. The highest BCUT2D eigenvalue weighted by Gasteiger charge is 2.00. The van der Waals surface area contributed by atoms with Gasteiger partial charge in [-0.3, -0.25) is 0 Å². The SMILES string of the molecule is Nc1cccc(CNCc2ccc(F)c(Cl)c2)c1. The summed E-state index contributed by atoms with van der Waals surface area (Å²) < 4.78 is 13.0. The van der Waals surface area contributed by atoms with E-state index in [0.717, 1.165) is 16.8 Å². The van der Waals surface area contributed by atoms with Gasteiger partial charge in [-0.1, -0.05) is 29.8 Å². The third-order valence-electron chi connectivity index (χ3n) is 2.59. The molecule has 0 amide bonds. The third-order valence-corrected chi connectivity index (χ3v) is 2.88. The maximum atomic E-state index is 13.0. The zero-order valence-electron chi connectivity index (χ0n) is 9.79. The molecule has 0 aliphatic rings. The molecule has 0 heterocycles. The van der Waals surface area contributed by atoms with Gasteiger partial charge in [-0.25, -0.2) is 4.39 Å². The number of hydrogen-bond donors (Lipinski definition) is 2. The Labute approximate surface area is 111 Å². The standard InChI is InChI=1S/C14H14ClFN2/c15-13-7-11(4-5-14(13)16)9-18-8-10-2-1-3-12(17)6-10/h1-7,18H,8-9,17H2. The van der Waals surface area contributed by atoms with Crippen molar-refractivity contribution in [3.63, 3.8) is 0 Å². The highest BCUT2D eigenvalue weighted by atomic mass is 35.5. The highest BCUT2D eigenvalue weighted by molar-refractivity contribution is 6.30. The van der Waals surface area contributed by atoms with E-state index in [0.29, 0.717) is 13.1 Å². The van der Waals surface area contributed by atoms with Gasteiger partial charge in [0.05, 0.1) is 5.02 Å². The van der Waals surface area contributed by atoms with Gasteiger partial charge in [0, 0.05) is 18.8 Å². The van der Waals surface area contributed by atoms with Gasteiger partial charge < -0.3 is 11.1 Å². The van der Waals surface area contributed by atoms with Crippen molar-refractivity contribution in [3.05, 3.63) is 64.4 Å². The van der Waals surface area contributed by atoms with Crippen molar-refractivity contribution < 1.29 is 4.39 Å². The normalized spacial score (nSPS) is 10.6. The summed E-state index contributed by atoms with van der Waals surface area (Å²) in [6.07, 6.45) is 0. The minimum Gasteiger partial charge on any atom is -0.399 e. The van der Waals surface area contributed by atoms with Gasteiger partial charge in [-0.15, -0.1) is 0 Å². The average Bonchev–Trinajstić information content (AvgIpc) is 2.34. The van der Waals surface area contributed by atoms with Crippen LogP contribution < -0.4 is 11.1 Å². The second-order valence-electron chi connectivity index (χ2n) is 4.10. The van der Waals surface area contributed by atoms with Crippen molar-refractivity contribution in [1.82, 2.24) is 5.32 Å². The molecule has 2 rings (SSSR count). The lowest BCUT2D eigenvalue weighted by atomic mass is 10.2. The summed E-state index contributed by atoms with van der Waals surface area (Å²) in [7, 11) is 0. The number of benzene rings is 2. The number of nitrogen functional groups attached to an aromatic ring is 1. The van der Waals surface area contributed by atoms with Crippen LogP contribution in [0.5, 0.6) is 0 Å². The third kappa shape index (κ3) is 3.45. The molecule has 0 fully saturated rings. The predicted octanol–water partition coefficient (Wildman–Crippen LogP) is 3.35. The van der Waals surface area contributed by atoms with Gasteiger partial charge in [-0.05, 0) is 35.4 Å². The van der Waals surface area contributed by atoms with Crippen LogP contribution in [0.15, 0.2) is 42.5 Å². The van der Waals surface area contributed by atoms with Crippen LogP contribution in [0.2, 0.25) is 5.02 Å². The molecule has 0 aliphatic carbocycles. The maximum absolute atomic E-state index is 13.0. The molecule has 2 aromatic rings. The Morgan fingerprint density at radius 2 is 1.78 bits per heavy atom. The first kappa shape index (κ1) is 12.9. The van der Waals surface area contributed by atoms with Crippen LogP contribution in [0.25, 0.3) is 0 Å². The molecule has 0 saturated heterocycles. The molecule has 0 atom stereocenters. The second-order valence-corrected chi connectivity index (χ2v) is 4.50. The van der Waals surface area contributed by atoms with Crippen LogP contribution in [0.4, 0.5) is 10.1 Å². The van der Waals surface area contributed by atoms with Gasteiger partial charge in [0.15, 0.2) is 0 Å². The van der Waals surface area contributed by atoms with Crippen molar-refractivity contribution in [3.8, 4) is 0 Å². The molecule has 0 saturated carbocycles. The summed E-state index contributed by atoms with van der Waals surface area (Å²) in [5.41, 5.74) is 8.50. The first-order chi connectivity index (χ1) is 8.65. The Morgan fingerprint density at radius 3 is 2.44 bits per heavy atom. The lowest BCUT2D eigenvalue weighted by Crippen LogP contribution is -2.12. The zero-order valence-corrected chi connectivity index (χ0v) is 10.5. The second kappa shape index (κ2) is 5.85. The van der Waals surface area contributed by atoms with E-state index in [1.807, 2.05) is 24.3 Å². The molecule has 4 heteroatoms. The van der Waals surface area contributed by atoms with Gasteiger partial charge >= 0.3 is 0 Å². The number of nitrogens with two attached hydrogens (primary N) is 1. The average molecular weight is 265 g/mol. The number of rotatable bonds is 4. The molecular formula is C14H14ClFN2. The van der Waals surface area contributed by atoms with Gasteiger partial charge in [-0.2, -0.15) is 0 Å². The van der Waals surface area contributed by atoms with Crippen LogP contribution in [0.1, 0.15) is 11.1 Å². The van der Waals surface area contributed by atoms with Crippen molar-refractivity contribution in [1.29, 1.82) is 0 Å². The first-order valence-electron chi connectivity index (χ1n) is 5.64. The van der Waals surface area contributed by atoms with E-state index in [4.69, 9.17) is 17.3 Å². The monoisotopic (exact) mass is 264 g/mol. The largest absolute Gasteiger partial charge is 0.399 e. The topological polar surface area (TPSA) is 38.0 Å². The Bertz CT molecular complexity index is 543. The summed E-state index contributed by atoms with van der Waals surface area (Å²) in [4.78, 5) is 0. The molecule has 2 nitrogen and oxygen atoms in total. The van der Waals surface area contributed by atoms with E-state index >= 15 is 0 Å². The molecule has 0 unspecified atom stereocenters. The first-order valence-corrected chi connectivity index (χ1v) is 6.02. The Kier molecular flexibility index (Phi) is 4.18. The van der Waals surface area contributed by atoms with Crippen molar-refractivity contribution in [2.24, 2.45) is 0 Å². The van der Waals surface area contributed by atoms with E-state index < -0.39 is 5.82 Å². The van der Waals surface area contributed by atoms with Crippen molar-refractivity contribution in [2.75, 3.05) is 5.73 Å². The molecule has 2 aromatic carbocycles. The lowest BCUT2D eigenvalue weighted by Gasteiger charge is -2.06. The van der Waals surface area contributed by atoms with Crippen LogP contribution in [-0.2, 0) is 13.1 Å². The molecule has 94 valence electrons. The number of nitrogens with one attached hydrogen (secondary N) is 1. The highest BCUT2D eigenvalue weighted by Crippen LogP contribution is 2.16. The molecule has 0 bridgehead atoms. The molecule has 0 radical (unpaired) electrons. The number of hydrogen-bond acceptors (Lipinski definition) is 2. The van der Waals surface area contributed by atoms with Crippen molar-refractivity contribution in [2.45, 2.75) is 13.1 Å². The summed E-state index contributed by atoms with van der Waals surface area (Å²) in [6, 6.07) is 12.4. The maximum Gasteiger partial charge on any atom is 0.141 e. The quantitative estimate of drug-likeness (QED) is 0.831. The minimum atomic E-state index is -0.392. The fraction of sp³-hybridized carbons (Fsp3) is 0.143. The summed E-state index contributed by atoms with van der Waals surface area (Å²) in [5, 5.41) is 3.41. The van der Waals surface area contributed by atoms with E-state index in [1.54, 1.807) is 12.1 Å². The fourth-order valence-corrected chi connectivity index (χ4v) is 1.91. The van der Waals surface area contributed by atoms with E-state index in [9.17, 15) is 4.39 Å². The number of anilines is 1. The van der Waals surface area contributed by atoms with Crippen LogP contribution >= 0.6 is 11.6 Å². The molecule has 0 aromatic heterocycles. The van der Waals surface area contributed by atoms with Crippen LogP contribution in [0, 0.1) is 5.82 Å². The van der Waals surface area contributed by atoms with Gasteiger partial charge in [0.2, 0.25) is 0 Å². The zero-order chi connectivity index (χ0) is 13.0. The molecular weight excluding hydrogens is 251 g/mol. The van der Waals surface area contributed by atoms with Gasteiger partial charge in [0.25, 0.3) is 0 Å².